The summed E-state index contributed by atoms with van der Waals surface area (Å²) in [5.41, 5.74) is 7.28. The van der Waals surface area contributed by atoms with Crippen LogP contribution >= 0.6 is 27.5 Å². The lowest BCUT2D eigenvalue weighted by molar-refractivity contribution is 0.340. The van der Waals surface area contributed by atoms with Gasteiger partial charge in [0.1, 0.15) is 11.6 Å². The minimum absolute atomic E-state index is 0.0695. The van der Waals surface area contributed by atoms with Crippen LogP contribution in [-0.4, -0.2) is 6.61 Å². The Hall–Kier alpha value is -1.10. The Morgan fingerprint density at radius 2 is 2.05 bits per heavy atom. The Bertz CT molecular complexity index is 621. The molecule has 5 heteroatoms. The van der Waals surface area contributed by atoms with Gasteiger partial charge in [-0.3, -0.25) is 0 Å². The molecular formula is C15H14BrClFNO. The zero-order valence-corrected chi connectivity index (χ0v) is 13.2. The standard InChI is InChI=1S/C15H14BrClFNO/c1-2-20-9-6-7-10(12(16)8-9)15(19)11-4-3-5-13(17)14(11)18/h3-8,15H,2,19H2,1H3. The van der Waals surface area contributed by atoms with Crippen LogP contribution in [0.1, 0.15) is 24.1 Å². The SMILES string of the molecule is CCOc1ccc(C(N)c2cccc(Cl)c2F)c(Br)c1. The van der Waals surface area contributed by atoms with Gasteiger partial charge < -0.3 is 10.5 Å². The number of benzene rings is 2. The molecule has 1 atom stereocenters. The van der Waals surface area contributed by atoms with Crippen LogP contribution in [0.15, 0.2) is 40.9 Å². The summed E-state index contributed by atoms with van der Waals surface area (Å²) in [6, 6.07) is 9.67. The lowest BCUT2D eigenvalue weighted by atomic mass is 9.99. The molecule has 0 aliphatic heterocycles. The highest BCUT2D eigenvalue weighted by atomic mass is 79.9. The molecule has 106 valence electrons. The third-order valence-electron chi connectivity index (χ3n) is 2.93. The van der Waals surface area contributed by atoms with Gasteiger partial charge in [0.15, 0.2) is 0 Å². The van der Waals surface area contributed by atoms with Gasteiger partial charge in [-0.15, -0.1) is 0 Å². The number of ether oxygens (including phenoxy) is 1. The van der Waals surface area contributed by atoms with Crippen LogP contribution in [0.3, 0.4) is 0 Å². The van der Waals surface area contributed by atoms with Crippen molar-refractivity contribution in [3.8, 4) is 5.75 Å². The maximum atomic E-state index is 14.0. The molecule has 0 saturated carbocycles. The van der Waals surface area contributed by atoms with E-state index in [0.717, 1.165) is 15.8 Å². The summed E-state index contributed by atoms with van der Waals surface area (Å²) in [5, 5.41) is 0.0695. The van der Waals surface area contributed by atoms with Crippen molar-refractivity contribution in [1.29, 1.82) is 0 Å². The van der Waals surface area contributed by atoms with E-state index in [1.807, 2.05) is 25.1 Å². The molecule has 0 heterocycles. The van der Waals surface area contributed by atoms with E-state index >= 15 is 0 Å². The van der Waals surface area contributed by atoms with Crippen molar-refractivity contribution in [3.05, 3.63) is 62.8 Å². The van der Waals surface area contributed by atoms with Crippen molar-refractivity contribution in [1.82, 2.24) is 0 Å². The molecule has 0 aromatic heterocycles. The molecule has 0 bridgehead atoms. The summed E-state index contributed by atoms with van der Waals surface area (Å²) in [5.74, 6) is 0.254. The van der Waals surface area contributed by atoms with Gasteiger partial charge >= 0.3 is 0 Å². The van der Waals surface area contributed by atoms with Crippen molar-refractivity contribution in [2.24, 2.45) is 5.73 Å². The first-order valence-electron chi connectivity index (χ1n) is 6.16. The summed E-state index contributed by atoms with van der Waals surface area (Å²) in [7, 11) is 0. The summed E-state index contributed by atoms with van der Waals surface area (Å²) in [6.45, 7) is 2.50. The summed E-state index contributed by atoms with van der Waals surface area (Å²) in [6.07, 6.45) is 0. The lowest BCUT2D eigenvalue weighted by Gasteiger charge is -2.16. The van der Waals surface area contributed by atoms with E-state index < -0.39 is 11.9 Å². The molecule has 0 aliphatic carbocycles. The maximum absolute atomic E-state index is 14.0. The fourth-order valence-corrected chi connectivity index (χ4v) is 2.73. The highest BCUT2D eigenvalue weighted by molar-refractivity contribution is 9.10. The molecule has 0 spiro atoms. The predicted octanol–water partition coefficient (Wildman–Crippen LogP) is 4.69. The van der Waals surface area contributed by atoms with Crippen LogP contribution in [0.2, 0.25) is 5.02 Å². The molecule has 2 aromatic carbocycles. The fourth-order valence-electron chi connectivity index (χ4n) is 1.94. The minimum atomic E-state index is -0.598. The minimum Gasteiger partial charge on any atom is -0.494 e. The average Bonchev–Trinajstić information content (AvgIpc) is 2.42. The Morgan fingerprint density at radius 3 is 2.70 bits per heavy atom. The number of nitrogens with two attached hydrogens (primary N) is 1. The quantitative estimate of drug-likeness (QED) is 0.860. The molecule has 20 heavy (non-hydrogen) atoms. The Labute approximate surface area is 130 Å². The van der Waals surface area contributed by atoms with E-state index in [1.54, 1.807) is 12.1 Å². The van der Waals surface area contributed by atoms with Gasteiger partial charge in [0.25, 0.3) is 0 Å². The van der Waals surface area contributed by atoms with Gasteiger partial charge in [-0.25, -0.2) is 4.39 Å². The average molecular weight is 359 g/mol. The third-order valence-corrected chi connectivity index (χ3v) is 3.91. The lowest BCUT2D eigenvalue weighted by Crippen LogP contribution is -2.14. The van der Waals surface area contributed by atoms with Crippen LogP contribution in [0.5, 0.6) is 5.75 Å². The van der Waals surface area contributed by atoms with Gasteiger partial charge in [-0.2, -0.15) is 0 Å². The van der Waals surface area contributed by atoms with E-state index in [9.17, 15) is 4.39 Å². The van der Waals surface area contributed by atoms with Gasteiger partial charge in [-0.1, -0.05) is 45.7 Å². The molecule has 2 rings (SSSR count). The Balaban J connectivity index is 2.38. The van der Waals surface area contributed by atoms with E-state index in [0.29, 0.717) is 12.2 Å². The monoisotopic (exact) mass is 357 g/mol. The molecule has 2 aromatic rings. The Kier molecular flexibility index (Phi) is 5.02. The van der Waals surface area contributed by atoms with Gasteiger partial charge in [0.05, 0.1) is 17.7 Å². The van der Waals surface area contributed by atoms with Crippen molar-refractivity contribution in [2.75, 3.05) is 6.61 Å². The first-order valence-corrected chi connectivity index (χ1v) is 7.33. The van der Waals surface area contributed by atoms with Crippen LogP contribution < -0.4 is 10.5 Å². The predicted molar refractivity (Wildman–Crippen MR) is 82.8 cm³/mol. The first-order chi connectivity index (χ1) is 9.54. The van der Waals surface area contributed by atoms with Crippen LogP contribution in [-0.2, 0) is 0 Å². The second-order valence-corrected chi connectivity index (χ2v) is 5.50. The van der Waals surface area contributed by atoms with Crippen LogP contribution in [0.4, 0.5) is 4.39 Å². The molecular weight excluding hydrogens is 345 g/mol. The highest BCUT2D eigenvalue weighted by Crippen LogP contribution is 2.32. The topological polar surface area (TPSA) is 35.2 Å². The summed E-state index contributed by atoms with van der Waals surface area (Å²) < 4.78 is 20.2. The summed E-state index contributed by atoms with van der Waals surface area (Å²) in [4.78, 5) is 0. The molecule has 0 aliphatic rings. The second-order valence-electron chi connectivity index (χ2n) is 4.24. The normalized spacial score (nSPS) is 12.2. The zero-order chi connectivity index (χ0) is 14.7. The molecule has 0 saturated heterocycles. The highest BCUT2D eigenvalue weighted by Gasteiger charge is 2.18. The van der Waals surface area contributed by atoms with E-state index in [2.05, 4.69) is 15.9 Å². The fraction of sp³-hybridized carbons (Fsp3) is 0.200. The van der Waals surface area contributed by atoms with Gasteiger partial charge in [0.2, 0.25) is 0 Å². The number of halogens is 3. The van der Waals surface area contributed by atoms with Crippen molar-refractivity contribution in [2.45, 2.75) is 13.0 Å². The van der Waals surface area contributed by atoms with Crippen molar-refractivity contribution < 1.29 is 9.13 Å². The number of rotatable bonds is 4. The molecule has 1 unspecified atom stereocenters. The molecule has 0 amide bonds. The largest absolute Gasteiger partial charge is 0.494 e. The van der Waals surface area contributed by atoms with Crippen LogP contribution in [0.25, 0.3) is 0 Å². The second kappa shape index (κ2) is 6.57. The number of hydrogen-bond donors (Lipinski definition) is 1. The molecule has 2 N–H and O–H groups in total. The van der Waals surface area contributed by atoms with E-state index in [4.69, 9.17) is 22.1 Å². The third kappa shape index (κ3) is 3.14. The molecule has 2 nitrogen and oxygen atoms in total. The van der Waals surface area contributed by atoms with Gasteiger partial charge in [-0.05, 0) is 30.7 Å². The first kappa shape index (κ1) is 15.3. The van der Waals surface area contributed by atoms with Crippen LogP contribution in [0, 0.1) is 5.82 Å². The van der Waals surface area contributed by atoms with E-state index in [-0.39, 0.29) is 5.02 Å². The zero-order valence-electron chi connectivity index (χ0n) is 10.9. The van der Waals surface area contributed by atoms with Gasteiger partial charge in [0, 0.05) is 10.0 Å². The maximum Gasteiger partial charge on any atom is 0.146 e. The van der Waals surface area contributed by atoms with Crippen molar-refractivity contribution in [3.63, 3.8) is 0 Å². The molecule has 0 fully saturated rings. The molecule has 0 radical (unpaired) electrons. The van der Waals surface area contributed by atoms with Crippen molar-refractivity contribution >= 4 is 27.5 Å². The summed E-state index contributed by atoms with van der Waals surface area (Å²) >= 11 is 9.23. The van der Waals surface area contributed by atoms with E-state index in [1.165, 1.54) is 6.07 Å². The smallest absolute Gasteiger partial charge is 0.146 e. The number of hydrogen-bond acceptors (Lipinski definition) is 2. The Morgan fingerprint density at radius 1 is 1.30 bits per heavy atom.